The molecule has 0 saturated heterocycles. The van der Waals surface area contributed by atoms with E-state index >= 15 is 0 Å². The molecule has 0 aliphatic rings. The summed E-state index contributed by atoms with van der Waals surface area (Å²) in [5.74, 6) is 0. The minimum absolute atomic E-state index is 0. The van der Waals surface area contributed by atoms with Crippen LogP contribution in [0.3, 0.4) is 0 Å². The van der Waals surface area contributed by atoms with Crippen LogP contribution in [0.25, 0.3) is 11.4 Å². The van der Waals surface area contributed by atoms with E-state index in [0.29, 0.717) is 0 Å². The molecule has 0 aliphatic heterocycles. The van der Waals surface area contributed by atoms with Crippen LogP contribution in [0.5, 0.6) is 0 Å². The van der Waals surface area contributed by atoms with E-state index in [0.717, 1.165) is 11.4 Å². The van der Waals surface area contributed by atoms with Gasteiger partial charge in [0.25, 0.3) is 0 Å². The Hall–Kier alpha value is -1.72. The smallest absolute Gasteiger partial charge is 0.255 e. The Bertz CT molecular complexity index is 629. The zero-order valence-corrected chi connectivity index (χ0v) is 13.4. The standard InChI is InChI=1S/C14H15N4.Os/c1-15-6-8-17(11-15)13-4-3-5-14(10-13)18-9-7-16(2)12-18;/h3-9,11-12H,1-2H3;/q2*+1. The summed E-state index contributed by atoms with van der Waals surface area (Å²) in [6, 6.07) is 9.54. The van der Waals surface area contributed by atoms with Crippen molar-refractivity contribution in [3.63, 3.8) is 0 Å². The van der Waals surface area contributed by atoms with Crippen LogP contribution in [0.4, 0.5) is 0 Å². The second kappa shape index (κ2) is 5.50. The van der Waals surface area contributed by atoms with Gasteiger partial charge in [0.15, 0.2) is 12.7 Å². The molecule has 0 fully saturated rings. The Balaban J connectivity index is 0.00000133. The molecular weight excluding hydrogens is 414 g/mol. The Morgan fingerprint density at radius 3 is 1.68 bits per heavy atom. The van der Waals surface area contributed by atoms with Gasteiger partial charge in [-0.2, -0.15) is 0 Å². The Morgan fingerprint density at radius 2 is 1.32 bits per heavy atom. The van der Waals surface area contributed by atoms with Gasteiger partial charge in [-0.3, -0.25) is 9.13 Å². The molecule has 0 bridgehead atoms. The summed E-state index contributed by atoms with van der Waals surface area (Å²) in [5, 5.41) is 0. The van der Waals surface area contributed by atoms with Crippen molar-refractivity contribution < 1.29 is 19.8 Å². The first-order valence-corrected chi connectivity index (χ1v) is 5.82. The molecule has 0 unspecified atom stereocenters. The molecule has 1 aromatic carbocycles. The van der Waals surface area contributed by atoms with Gasteiger partial charge in [-0.25, -0.2) is 9.13 Å². The van der Waals surface area contributed by atoms with Gasteiger partial charge in [0.1, 0.15) is 24.8 Å². The number of aromatic nitrogens is 4. The zero-order chi connectivity index (χ0) is 12.5. The van der Waals surface area contributed by atoms with Crippen molar-refractivity contribution in [3.05, 3.63) is 61.7 Å². The number of imidazole rings is 2. The summed E-state index contributed by atoms with van der Waals surface area (Å²) in [5.41, 5.74) is 2.06. The second-order valence-electron chi connectivity index (χ2n) is 4.39. The maximum absolute atomic E-state index is 3.40. The second-order valence-corrected chi connectivity index (χ2v) is 4.39. The summed E-state index contributed by atoms with van der Waals surface area (Å²) in [7, 11) is 4.01. The molecule has 0 spiro atoms. The van der Waals surface area contributed by atoms with Gasteiger partial charge in [-0.1, -0.05) is 0 Å². The average molecular weight is 430 g/mol. The SMILES string of the molecule is Cn1ccn(-c2[c-]c(-n3ccn(C)[cH+]3)ccc2)[cH+]1.[Os+]. The van der Waals surface area contributed by atoms with Crippen molar-refractivity contribution in [3.8, 4) is 11.4 Å². The van der Waals surface area contributed by atoms with Gasteiger partial charge < -0.3 is 0 Å². The molecule has 5 heteroatoms. The van der Waals surface area contributed by atoms with Gasteiger partial charge in [0.2, 0.25) is 0 Å². The third-order valence-corrected chi connectivity index (χ3v) is 2.86. The zero-order valence-electron chi connectivity index (χ0n) is 10.8. The van der Waals surface area contributed by atoms with E-state index in [1.54, 1.807) is 0 Å². The third kappa shape index (κ3) is 2.82. The summed E-state index contributed by atoms with van der Waals surface area (Å²) in [6.07, 6.45) is 12.1. The van der Waals surface area contributed by atoms with E-state index in [4.69, 9.17) is 0 Å². The molecule has 0 aliphatic carbocycles. The van der Waals surface area contributed by atoms with E-state index in [1.165, 1.54) is 0 Å². The summed E-state index contributed by atoms with van der Waals surface area (Å²) in [6.45, 7) is 0. The fourth-order valence-corrected chi connectivity index (χ4v) is 1.93. The fourth-order valence-electron chi connectivity index (χ4n) is 1.93. The van der Waals surface area contributed by atoms with Crippen molar-refractivity contribution in [1.82, 2.24) is 18.3 Å². The van der Waals surface area contributed by atoms with Crippen molar-refractivity contribution in [2.24, 2.45) is 14.1 Å². The molecular formula is C14H15N4Os+2. The van der Waals surface area contributed by atoms with E-state index in [2.05, 4.69) is 6.07 Å². The maximum Gasteiger partial charge on any atom is 1.00 e. The van der Waals surface area contributed by atoms with E-state index in [1.807, 2.05) is 88.0 Å². The average Bonchev–Trinajstić information content (AvgIpc) is 2.98. The molecule has 0 N–H and O–H groups in total. The van der Waals surface area contributed by atoms with Crippen LogP contribution in [0.2, 0.25) is 0 Å². The normalized spacial score (nSPS) is 10.2. The molecule has 4 nitrogen and oxygen atoms in total. The topological polar surface area (TPSA) is 19.7 Å². The van der Waals surface area contributed by atoms with Crippen LogP contribution >= 0.6 is 0 Å². The Kier molecular flexibility index (Phi) is 3.97. The number of hydrogen-bond donors (Lipinski definition) is 0. The van der Waals surface area contributed by atoms with Crippen LogP contribution < -0.4 is 0 Å². The van der Waals surface area contributed by atoms with Gasteiger partial charge >= 0.3 is 19.8 Å². The Morgan fingerprint density at radius 1 is 0.842 bits per heavy atom. The van der Waals surface area contributed by atoms with Crippen LogP contribution in [0.15, 0.2) is 55.6 Å². The number of hydrogen-bond acceptors (Lipinski definition) is 0. The van der Waals surface area contributed by atoms with Gasteiger partial charge in [-0.15, -0.1) is 18.2 Å². The minimum atomic E-state index is 0. The van der Waals surface area contributed by atoms with E-state index in [-0.39, 0.29) is 19.8 Å². The van der Waals surface area contributed by atoms with E-state index < -0.39 is 0 Å². The fraction of sp³-hybridized carbons (Fsp3) is 0.143. The van der Waals surface area contributed by atoms with Crippen molar-refractivity contribution in [2.75, 3.05) is 0 Å². The largest absolute Gasteiger partial charge is 1.00 e. The Labute approximate surface area is 125 Å². The summed E-state index contributed by atoms with van der Waals surface area (Å²) < 4.78 is 8.12. The quantitative estimate of drug-likeness (QED) is 0.557. The number of rotatable bonds is 2. The summed E-state index contributed by atoms with van der Waals surface area (Å²) >= 11 is 0. The molecule has 1 radical (unpaired) electrons. The maximum atomic E-state index is 3.40. The molecule has 2 aromatic heterocycles. The van der Waals surface area contributed by atoms with Crippen LogP contribution in [-0.4, -0.2) is 18.3 Å². The van der Waals surface area contributed by atoms with Crippen molar-refractivity contribution >= 4 is 0 Å². The van der Waals surface area contributed by atoms with Crippen LogP contribution in [0.1, 0.15) is 0 Å². The number of nitrogens with zero attached hydrogens (tertiary/aromatic N) is 4. The molecule has 3 aromatic rings. The van der Waals surface area contributed by atoms with Gasteiger partial charge in [0, 0.05) is 25.5 Å². The predicted molar refractivity (Wildman–Crippen MR) is 70.7 cm³/mol. The minimum Gasteiger partial charge on any atom is -0.255 e. The molecule has 19 heavy (non-hydrogen) atoms. The van der Waals surface area contributed by atoms with Gasteiger partial charge in [-0.05, 0) is 6.07 Å². The molecule has 0 atom stereocenters. The molecule has 0 amide bonds. The first-order valence-electron chi connectivity index (χ1n) is 5.82. The number of benzene rings is 1. The predicted octanol–water partition coefficient (Wildman–Crippen LogP) is 2.30. The first kappa shape index (κ1) is 13.7. The molecule has 3 rings (SSSR count). The summed E-state index contributed by atoms with van der Waals surface area (Å²) in [4.78, 5) is 0. The third-order valence-electron chi connectivity index (χ3n) is 2.86. The first-order chi connectivity index (χ1) is 8.72. The van der Waals surface area contributed by atoms with Crippen LogP contribution in [-0.2, 0) is 33.9 Å². The van der Waals surface area contributed by atoms with E-state index in [9.17, 15) is 0 Å². The number of aryl methyl sites for hydroxylation is 2. The van der Waals surface area contributed by atoms with Crippen molar-refractivity contribution in [1.29, 1.82) is 0 Å². The molecule has 2 heterocycles. The monoisotopic (exact) mass is 431 g/mol. The van der Waals surface area contributed by atoms with Crippen molar-refractivity contribution in [2.45, 2.75) is 0 Å². The molecule has 0 saturated carbocycles. The molecule has 97 valence electrons. The van der Waals surface area contributed by atoms with Crippen LogP contribution in [0, 0.1) is 6.07 Å². The van der Waals surface area contributed by atoms with Gasteiger partial charge in [0.05, 0.1) is 0 Å².